The Balaban J connectivity index is 2.16. The van der Waals surface area contributed by atoms with Gasteiger partial charge in [0, 0.05) is 12.4 Å². The van der Waals surface area contributed by atoms with Gasteiger partial charge in [-0.2, -0.15) is 0 Å². The van der Waals surface area contributed by atoms with E-state index in [4.69, 9.17) is 0 Å². The van der Waals surface area contributed by atoms with Crippen LogP contribution in [0.1, 0.15) is 32.6 Å². The molecule has 0 saturated heterocycles. The second-order valence-electron chi connectivity index (χ2n) is 5.27. The smallest absolute Gasteiger partial charge is 0.242 e. The Bertz CT molecular complexity index is 473. The van der Waals surface area contributed by atoms with E-state index in [0.29, 0.717) is 18.8 Å². The third kappa shape index (κ3) is 2.76. The number of aromatic nitrogens is 1. The van der Waals surface area contributed by atoms with Crippen LogP contribution in [0.15, 0.2) is 23.4 Å². The van der Waals surface area contributed by atoms with Crippen molar-refractivity contribution in [1.29, 1.82) is 0 Å². The van der Waals surface area contributed by atoms with Crippen molar-refractivity contribution < 1.29 is 13.5 Å². The van der Waals surface area contributed by atoms with Crippen LogP contribution in [-0.2, 0) is 10.0 Å². The highest BCUT2D eigenvalue weighted by Crippen LogP contribution is 2.32. The molecule has 0 bridgehead atoms. The van der Waals surface area contributed by atoms with Crippen molar-refractivity contribution in [2.24, 2.45) is 5.92 Å². The van der Waals surface area contributed by atoms with Crippen molar-refractivity contribution in [3.8, 4) is 0 Å². The predicted molar refractivity (Wildman–Crippen MR) is 68.6 cm³/mol. The Morgan fingerprint density at radius 1 is 1.50 bits per heavy atom. The van der Waals surface area contributed by atoms with Crippen LogP contribution in [0.4, 0.5) is 0 Å². The number of hydrogen-bond acceptors (Lipinski definition) is 3. The highest BCUT2D eigenvalue weighted by Gasteiger charge is 2.37. The Morgan fingerprint density at radius 3 is 2.67 bits per heavy atom. The summed E-state index contributed by atoms with van der Waals surface area (Å²) in [4.78, 5) is 2.95. The SMILES string of the molecule is CC1CCC(CO)(NS(=O)(=O)c2cc[nH]c2)CC1. The van der Waals surface area contributed by atoms with Crippen molar-refractivity contribution in [3.05, 3.63) is 18.5 Å². The Kier molecular flexibility index (Phi) is 3.79. The molecule has 0 radical (unpaired) electrons. The first-order valence-electron chi connectivity index (χ1n) is 6.25. The topological polar surface area (TPSA) is 82.2 Å². The number of aliphatic hydroxyl groups excluding tert-OH is 1. The lowest BCUT2D eigenvalue weighted by Gasteiger charge is -2.38. The van der Waals surface area contributed by atoms with Crippen molar-refractivity contribution >= 4 is 10.0 Å². The summed E-state index contributed by atoms with van der Waals surface area (Å²) in [6.07, 6.45) is 6.27. The average molecular weight is 272 g/mol. The van der Waals surface area contributed by atoms with Gasteiger partial charge in [0.05, 0.1) is 17.0 Å². The summed E-state index contributed by atoms with van der Waals surface area (Å²) in [6.45, 7) is 2.01. The summed E-state index contributed by atoms with van der Waals surface area (Å²) in [5, 5.41) is 9.55. The number of rotatable bonds is 4. The van der Waals surface area contributed by atoms with E-state index in [1.165, 1.54) is 12.3 Å². The van der Waals surface area contributed by atoms with Crippen molar-refractivity contribution in [2.75, 3.05) is 6.61 Å². The van der Waals surface area contributed by atoms with Crippen LogP contribution >= 0.6 is 0 Å². The van der Waals surface area contributed by atoms with E-state index in [0.717, 1.165) is 12.8 Å². The quantitative estimate of drug-likeness (QED) is 0.771. The zero-order valence-electron chi connectivity index (χ0n) is 10.5. The first-order valence-corrected chi connectivity index (χ1v) is 7.73. The monoisotopic (exact) mass is 272 g/mol. The fraction of sp³-hybridized carbons (Fsp3) is 0.667. The molecule has 0 aliphatic heterocycles. The molecule has 1 aromatic heterocycles. The largest absolute Gasteiger partial charge is 0.394 e. The van der Waals surface area contributed by atoms with E-state index < -0.39 is 15.6 Å². The maximum Gasteiger partial charge on any atom is 0.242 e. The number of aliphatic hydroxyl groups is 1. The second-order valence-corrected chi connectivity index (χ2v) is 6.96. The molecule has 18 heavy (non-hydrogen) atoms. The van der Waals surface area contributed by atoms with Crippen LogP contribution < -0.4 is 4.72 Å². The van der Waals surface area contributed by atoms with Gasteiger partial charge in [0.2, 0.25) is 10.0 Å². The molecule has 1 aromatic rings. The summed E-state index contributed by atoms with van der Waals surface area (Å²) in [6, 6.07) is 1.51. The van der Waals surface area contributed by atoms with E-state index in [9.17, 15) is 13.5 Å². The molecular formula is C12H20N2O3S. The van der Waals surface area contributed by atoms with Crippen molar-refractivity contribution in [3.63, 3.8) is 0 Å². The summed E-state index contributed by atoms with van der Waals surface area (Å²) in [7, 11) is -3.55. The molecule has 2 rings (SSSR count). The molecule has 1 aliphatic rings. The van der Waals surface area contributed by atoms with Crippen LogP contribution in [0.5, 0.6) is 0 Å². The predicted octanol–water partition coefficient (Wildman–Crippen LogP) is 1.23. The fourth-order valence-corrected chi connectivity index (χ4v) is 3.85. The van der Waals surface area contributed by atoms with Crippen molar-refractivity contribution in [1.82, 2.24) is 9.71 Å². The molecule has 0 aromatic carbocycles. The molecule has 0 atom stereocenters. The van der Waals surface area contributed by atoms with Gasteiger partial charge in [0.15, 0.2) is 0 Å². The Labute approximate surface area is 108 Å². The number of aromatic amines is 1. The standard InChI is InChI=1S/C12H20N2O3S/c1-10-2-5-12(9-15,6-3-10)14-18(16,17)11-4-7-13-8-11/h4,7-8,10,13-15H,2-3,5-6,9H2,1H3. The normalized spacial score (nSPS) is 29.3. The minimum absolute atomic E-state index is 0.149. The maximum absolute atomic E-state index is 12.2. The molecule has 0 unspecified atom stereocenters. The van der Waals surface area contributed by atoms with Crippen LogP contribution in [0.3, 0.4) is 0 Å². The van der Waals surface area contributed by atoms with Gasteiger partial charge in [0.1, 0.15) is 0 Å². The van der Waals surface area contributed by atoms with E-state index in [1.54, 1.807) is 6.20 Å². The van der Waals surface area contributed by atoms with E-state index in [1.807, 2.05) is 0 Å². The molecule has 1 heterocycles. The van der Waals surface area contributed by atoms with Gasteiger partial charge in [-0.3, -0.25) is 0 Å². The van der Waals surface area contributed by atoms with E-state index in [2.05, 4.69) is 16.6 Å². The van der Waals surface area contributed by atoms with Crippen LogP contribution in [0.25, 0.3) is 0 Å². The van der Waals surface area contributed by atoms with Crippen LogP contribution in [0.2, 0.25) is 0 Å². The maximum atomic E-state index is 12.2. The number of H-pyrrole nitrogens is 1. The van der Waals surface area contributed by atoms with E-state index in [-0.39, 0.29) is 11.5 Å². The molecule has 5 nitrogen and oxygen atoms in total. The molecule has 1 aliphatic carbocycles. The summed E-state index contributed by atoms with van der Waals surface area (Å²) in [5.41, 5.74) is -0.692. The average Bonchev–Trinajstić information content (AvgIpc) is 2.87. The van der Waals surface area contributed by atoms with E-state index >= 15 is 0 Å². The van der Waals surface area contributed by atoms with Gasteiger partial charge >= 0.3 is 0 Å². The van der Waals surface area contributed by atoms with Gasteiger partial charge in [0.25, 0.3) is 0 Å². The molecule has 6 heteroatoms. The van der Waals surface area contributed by atoms with Gasteiger partial charge in [-0.05, 0) is 37.7 Å². The molecule has 1 saturated carbocycles. The first-order chi connectivity index (χ1) is 8.47. The molecule has 0 spiro atoms. The Hall–Kier alpha value is -0.850. The zero-order valence-corrected chi connectivity index (χ0v) is 11.3. The highest BCUT2D eigenvalue weighted by molar-refractivity contribution is 7.89. The number of sulfonamides is 1. The second kappa shape index (κ2) is 5.03. The first kappa shape index (κ1) is 13.6. The van der Waals surface area contributed by atoms with Gasteiger partial charge in [-0.25, -0.2) is 13.1 Å². The summed E-state index contributed by atoms with van der Waals surface area (Å²) < 4.78 is 27.0. The number of hydrogen-bond donors (Lipinski definition) is 3. The third-order valence-corrected chi connectivity index (χ3v) is 5.34. The molecule has 0 amide bonds. The van der Waals surface area contributed by atoms with Crippen LogP contribution in [-0.4, -0.2) is 30.7 Å². The van der Waals surface area contributed by atoms with Gasteiger partial charge in [-0.15, -0.1) is 0 Å². The molecule has 102 valence electrons. The summed E-state index contributed by atoms with van der Waals surface area (Å²) in [5.74, 6) is 0.599. The van der Waals surface area contributed by atoms with Crippen molar-refractivity contribution in [2.45, 2.75) is 43.0 Å². The molecule has 3 N–H and O–H groups in total. The minimum Gasteiger partial charge on any atom is -0.394 e. The lowest BCUT2D eigenvalue weighted by atomic mass is 9.78. The fourth-order valence-electron chi connectivity index (χ4n) is 2.43. The zero-order chi connectivity index (χ0) is 13.2. The lowest BCUT2D eigenvalue weighted by molar-refractivity contribution is 0.125. The van der Waals surface area contributed by atoms with Gasteiger partial charge in [-0.1, -0.05) is 6.92 Å². The summed E-state index contributed by atoms with van der Waals surface area (Å²) >= 11 is 0. The minimum atomic E-state index is -3.55. The molecule has 1 fully saturated rings. The number of nitrogens with one attached hydrogen (secondary N) is 2. The van der Waals surface area contributed by atoms with Gasteiger partial charge < -0.3 is 10.1 Å². The third-order valence-electron chi connectivity index (χ3n) is 3.76. The highest BCUT2D eigenvalue weighted by atomic mass is 32.2. The molecular weight excluding hydrogens is 252 g/mol. The Morgan fingerprint density at radius 2 is 2.17 bits per heavy atom. The lowest BCUT2D eigenvalue weighted by Crippen LogP contribution is -2.53. The van der Waals surface area contributed by atoms with Crippen LogP contribution in [0, 0.1) is 5.92 Å².